The van der Waals surface area contributed by atoms with Crippen molar-refractivity contribution in [3.63, 3.8) is 0 Å². The molecular weight excluding hydrogens is 326 g/mol. The number of piperidine rings is 1. The number of nitrogens with zero attached hydrogens (tertiary/aromatic N) is 2. The summed E-state index contributed by atoms with van der Waals surface area (Å²) >= 11 is 0. The lowest BCUT2D eigenvalue weighted by atomic mass is 10.1. The minimum absolute atomic E-state index is 0. The van der Waals surface area contributed by atoms with Gasteiger partial charge in [0.05, 0.1) is 0 Å². The fourth-order valence-electron chi connectivity index (χ4n) is 2.96. The van der Waals surface area contributed by atoms with E-state index in [1.165, 1.54) is 12.8 Å². The molecule has 0 spiro atoms. The summed E-state index contributed by atoms with van der Waals surface area (Å²) in [6.07, 6.45) is 4.55. The van der Waals surface area contributed by atoms with Crippen LogP contribution in [0, 0.1) is 0 Å². The highest BCUT2D eigenvalue weighted by molar-refractivity contribution is 5.94. The van der Waals surface area contributed by atoms with Gasteiger partial charge in [-0.3, -0.25) is 9.89 Å². The van der Waals surface area contributed by atoms with Crippen molar-refractivity contribution in [1.82, 2.24) is 25.8 Å². The summed E-state index contributed by atoms with van der Waals surface area (Å²) in [6, 6.07) is 7.73. The molecule has 0 radical (unpaired) electrons. The van der Waals surface area contributed by atoms with Gasteiger partial charge >= 0.3 is 0 Å². The summed E-state index contributed by atoms with van der Waals surface area (Å²) in [5.74, 6) is 2.23. The second-order valence-corrected chi connectivity index (χ2v) is 6.41. The van der Waals surface area contributed by atoms with Crippen molar-refractivity contribution in [1.29, 1.82) is 0 Å². The SMILES string of the molecule is Cl.O=C(N[C@H]1CCCNC1)c1ccc(-c2n[nH]c(C3CC3)n2)cc1. The van der Waals surface area contributed by atoms with Gasteiger partial charge in [0.1, 0.15) is 5.82 Å². The van der Waals surface area contributed by atoms with Crippen LogP contribution in [-0.2, 0) is 0 Å². The molecule has 1 aromatic heterocycles. The van der Waals surface area contributed by atoms with E-state index in [-0.39, 0.29) is 24.4 Å². The molecule has 4 rings (SSSR count). The van der Waals surface area contributed by atoms with Crippen molar-refractivity contribution in [3.8, 4) is 11.4 Å². The van der Waals surface area contributed by atoms with Gasteiger partial charge in [-0.25, -0.2) is 4.98 Å². The molecule has 1 amide bonds. The molecule has 2 aromatic rings. The summed E-state index contributed by atoms with van der Waals surface area (Å²) in [7, 11) is 0. The van der Waals surface area contributed by atoms with E-state index in [2.05, 4.69) is 25.8 Å². The second-order valence-electron chi connectivity index (χ2n) is 6.41. The molecule has 7 heteroatoms. The number of halogens is 1. The molecule has 1 saturated carbocycles. The molecule has 1 aliphatic carbocycles. The Kier molecular flexibility index (Phi) is 5.16. The Morgan fingerprint density at radius 1 is 1.17 bits per heavy atom. The number of amides is 1. The van der Waals surface area contributed by atoms with Gasteiger partial charge in [0, 0.05) is 29.6 Å². The molecule has 1 aromatic carbocycles. The van der Waals surface area contributed by atoms with Crippen molar-refractivity contribution in [2.45, 2.75) is 37.6 Å². The summed E-state index contributed by atoms with van der Waals surface area (Å²) in [5, 5.41) is 13.7. The number of nitrogens with one attached hydrogen (secondary N) is 3. The third-order valence-electron chi connectivity index (χ3n) is 4.50. The number of carbonyl (C=O) groups is 1. The number of rotatable bonds is 4. The van der Waals surface area contributed by atoms with Crippen LogP contribution in [0.1, 0.15) is 47.8 Å². The molecule has 1 aliphatic heterocycles. The van der Waals surface area contributed by atoms with Gasteiger partial charge < -0.3 is 10.6 Å². The lowest BCUT2D eigenvalue weighted by Crippen LogP contribution is -2.45. The molecule has 3 N–H and O–H groups in total. The van der Waals surface area contributed by atoms with E-state index in [4.69, 9.17) is 0 Å². The highest BCUT2D eigenvalue weighted by atomic mass is 35.5. The van der Waals surface area contributed by atoms with Gasteiger partial charge in [-0.1, -0.05) is 12.1 Å². The van der Waals surface area contributed by atoms with Crippen LogP contribution in [-0.4, -0.2) is 40.2 Å². The van der Waals surface area contributed by atoms with Gasteiger partial charge in [-0.05, 0) is 44.4 Å². The van der Waals surface area contributed by atoms with Crippen molar-refractivity contribution in [2.24, 2.45) is 0 Å². The van der Waals surface area contributed by atoms with E-state index in [0.29, 0.717) is 17.3 Å². The van der Waals surface area contributed by atoms with Gasteiger partial charge in [0.25, 0.3) is 5.91 Å². The molecule has 0 unspecified atom stereocenters. The number of hydrogen-bond acceptors (Lipinski definition) is 4. The first-order valence-electron chi connectivity index (χ1n) is 8.34. The largest absolute Gasteiger partial charge is 0.348 e. The van der Waals surface area contributed by atoms with Crippen molar-refractivity contribution in [3.05, 3.63) is 35.7 Å². The molecule has 1 atom stereocenters. The van der Waals surface area contributed by atoms with E-state index in [0.717, 1.165) is 37.3 Å². The Bertz CT molecular complexity index is 689. The summed E-state index contributed by atoms with van der Waals surface area (Å²) in [6.45, 7) is 1.89. The quantitative estimate of drug-likeness (QED) is 0.792. The van der Waals surface area contributed by atoms with E-state index in [9.17, 15) is 4.79 Å². The molecular formula is C17H22ClN5O. The zero-order valence-electron chi connectivity index (χ0n) is 13.4. The topological polar surface area (TPSA) is 82.7 Å². The number of H-pyrrole nitrogens is 1. The van der Waals surface area contributed by atoms with E-state index in [1.54, 1.807) is 0 Å². The van der Waals surface area contributed by atoms with Crippen LogP contribution in [0.2, 0.25) is 0 Å². The zero-order chi connectivity index (χ0) is 15.6. The van der Waals surface area contributed by atoms with Crippen LogP contribution in [0.4, 0.5) is 0 Å². The lowest BCUT2D eigenvalue weighted by Gasteiger charge is -2.23. The molecule has 6 nitrogen and oxygen atoms in total. The summed E-state index contributed by atoms with van der Waals surface area (Å²) < 4.78 is 0. The third-order valence-corrected chi connectivity index (χ3v) is 4.50. The van der Waals surface area contributed by atoms with Crippen molar-refractivity contribution >= 4 is 18.3 Å². The van der Waals surface area contributed by atoms with E-state index < -0.39 is 0 Å². The second kappa shape index (κ2) is 7.32. The van der Waals surface area contributed by atoms with Crippen LogP contribution in [0.15, 0.2) is 24.3 Å². The van der Waals surface area contributed by atoms with Gasteiger partial charge in [-0.15, -0.1) is 12.4 Å². The Hall–Kier alpha value is -1.92. The first kappa shape index (κ1) is 16.9. The molecule has 1 saturated heterocycles. The summed E-state index contributed by atoms with van der Waals surface area (Å²) in [4.78, 5) is 16.8. The Morgan fingerprint density at radius 3 is 2.62 bits per heavy atom. The normalized spacial score (nSPS) is 20.2. The Morgan fingerprint density at radius 2 is 1.96 bits per heavy atom. The first-order valence-corrected chi connectivity index (χ1v) is 8.34. The molecule has 24 heavy (non-hydrogen) atoms. The van der Waals surface area contributed by atoms with Gasteiger partial charge in [0.2, 0.25) is 0 Å². The Labute approximate surface area is 147 Å². The lowest BCUT2D eigenvalue weighted by molar-refractivity contribution is 0.0930. The average molecular weight is 348 g/mol. The number of aromatic nitrogens is 3. The van der Waals surface area contributed by atoms with Crippen LogP contribution in [0.25, 0.3) is 11.4 Å². The third kappa shape index (κ3) is 3.76. The fourth-order valence-corrected chi connectivity index (χ4v) is 2.96. The first-order chi connectivity index (χ1) is 11.3. The Balaban J connectivity index is 0.00000169. The van der Waals surface area contributed by atoms with E-state index in [1.807, 2.05) is 24.3 Å². The standard InChI is InChI=1S/C17H21N5O.ClH/c23-17(19-14-2-1-9-18-10-14)13-7-5-12(6-8-13)16-20-15(21-22-16)11-3-4-11;/h5-8,11,14,18H,1-4,9-10H2,(H,19,23)(H,20,21,22);1H/t14-;/m0./s1. The van der Waals surface area contributed by atoms with Gasteiger partial charge in [-0.2, -0.15) is 5.10 Å². The van der Waals surface area contributed by atoms with Crippen molar-refractivity contribution < 1.29 is 4.79 Å². The van der Waals surface area contributed by atoms with Crippen LogP contribution < -0.4 is 10.6 Å². The van der Waals surface area contributed by atoms with Crippen LogP contribution in [0.3, 0.4) is 0 Å². The molecule has 0 bridgehead atoms. The van der Waals surface area contributed by atoms with Crippen LogP contribution in [0.5, 0.6) is 0 Å². The number of benzene rings is 1. The number of hydrogen-bond donors (Lipinski definition) is 3. The minimum atomic E-state index is -0.0149. The summed E-state index contributed by atoms with van der Waals surface area (Å²) in [5.41, 5.74) is 1.61. The average Bonchev–Trinajstić information content (AvgIpc) is 3.33. The van der Waals surface area contributed by atoms with Crippen molar-refractivity contribution in [2.75, 3.05) is 13.1 Å². The predicted molar refractivity (Wildman–Crippen MR) is 94.4 cm³/mol. The maximum atomic E-state index is 12.3. The van der Waals surface area contributed by atoms with Crippen LogP contribution >= 0.6 is 12.4 Å². The fraction of sp³-hybridized carbons (Fsp3) is 0.471. The van der Waals surface area contributed by atoms with E-state index >= 15 is 0 Å². The smallest absolute Gasteiger partial charge is 0.251 e. The van der Waals surface area contributed by atoms with Gasteiger partial charge in [0.15, 0.2) is 5.82 Å². The minimum Gasteiger partial charge on any atom is -0.348 e. The maximum Gasteiger partial charge on any atom is 0.251 e. The predicted octanol–water partition coefficient (Wildman–Crippen LogP) is 2.25. The number of aromatic amines is 1. The zero-order valence-corrected chi connectivity index (χ0v) is 14.2. The molecule has 128 valence electrons. The molecule has 2 heterocycles. The number of carbonyl (C=O) groups excluding carboxylic acids is 1. The molecule has 2 fully saturated rings. The maximum absolute atomic E-state index is 12.3. The molecule has 2 aliphatic rings. The monoisotopic (exact) mass is 347 g/mol. The highest BCUT2D eigenvalue weighted by Crippen LogP contribution is 2.38. The highest BCUT2D eigenvalue weighted by Gasteiger charge is 2.27.